The molecule has 0 bridgehead atoms. The Morgan fingerprint density at radius 1 is 0.134 bits per heavy atom. The van der Waals surface area contributed by atoms with Crippen LogP contribution in [0.5, 0.6) is 0 Å². The van der Waals surface area contributed by atoms with E-state index in [-0.39, 0.29) is 0 Å². The van der Waals surface area contributed by atoms with Crippen LogP contribution in [0.25, 0.3) is 215 Å². The molecule has 23 rings (SSSR count). The molecule has 0 aliphatic carbocycles. The van der Waals surface area contributed by atoms with Crippen LogP contribution in [0.3, 0.4) is 0 Å². The summed E-state index contributed by atoms with van der Waals surface area (Å²) in [6, 6.07) is 133. The first-order valence-electron chi connectivity index (χ1n) is 37.3. The highest BCUT2D eigenvalue weighted by Gasteiger charge is 2.20. The molecule has 6 nitrogen and oxygen atoms in total. The SMILES string of the molecule is c1cc(-c2ccc3c(c2)sc2ccccc23)cc(-c2nc3ccccc3nc2-c2ccc3sc4ccccc4c3c2)c1.c1ccc(-c2nc(-c3ccccc3)c3cc(-c4ccc5c(c4)sc4ccccc45)ccc3n2)cc1.c1ccc(-c2nc(-c3ccccc3)c3ccc(-c4ccc5c(c4)sc4ccccc45)cc3n2)cc1. The number of fused-ring (bicyclic) bond motifs is 15. The van der Waals surface area contributed by atoms with Crippen LogP contribution in [0.15, 0.2) is 376 Å². The molecule has 16 aromatic carbocycles. The quantitative estimate of drug-likeness (QED) is 0.143. The summed E-state index contributed by atoms with van der Waals surface area (Å²) in [4.78, 5) is 30.4. The molecule has 7 aromatic heterocycles. The van der Waals surface area contributed by atoms with E-state index in [9.17, 15) is 0 Å². The summed E-state index contributed by atoms with van der Waals surface area (Å²) in [5.41, 5.74) is 20.9. The van der Waals surface area contributed by atoms with E-state index in [1.54, 1.807) is 0 Å². The van der Waals surface area contributed by atoms with Gasteiger partial charge in [-0.15, -0.1) is 45.3 Å². The number of hydrogen-bond donors (Lipinski definition) is 0. The van der Waals surface area contributed by atoms with Crippen LogP contribution in [0.1, 0.15) is 0 Å². The standard InChI is InChI=1S/C38H22N2S2.2C32H20N2S/c1-5-14-33-27(10-1)29-18-16-24(22-36(29)42-33)23-8-7-9-25(20-23)37-38(40-32-13-4-3-12-31(32)39-37)26-17-19-35-30(21-26)28-11-2-6-15-34(28)41-35;1-3-9-21(10-4-1)31-27-19-23(16-18-28(27)33-32(34-31)22-11-5-2-6-12-22)24-15-17-26-25-13-7-8-14-29(25)35-30(26)20-24;1-3-9-21(10-4-1)31-27-18-16-23(19-28(27)33-32(34-31)22-11-5-2-6-12-22)24-15-17-26-25-13-7-8-14-29(25)35-30(26)20-24/h1-22H;2*1-20H. The van der Waals surface area contributed by atoms with Crippen molar-refractivity contribution in [2.24, 2.45) is 0 Å². The van der Waals surface area contributed by atoms with Crippen LogP contribution in [0.2, 0.25) is 0 Å². The molecular formula is C102H62N6S4. The molecular weight excluding hydrogens is 1440 g/mol. The van der Waals surface area contributed by atoms with Gasteiger partial charge in [0.1, 0.15) is 0 Å². The van der Waals surface area contributed by atoms with Gasteiger partial charge < -0.3 is 0 Å². The third-order valence-corrected chi connectivity index (χ3v) is 25.6. The molecule has 0 N–H and O–H groups in total. The fourth-order valence-electron chi connectivity index (χ4n) is 15.5. The Kier molecular flexibility index (Phi) is 16.9. The van der Waals surface area contributed by atoms with Gasteiger partial charge >= 0.3 is 0 Å². The Hall–Kier alpha value is -13.6. The molecule has 0 saturated carbocycles. The molecule has 0 fully saturated rings. The van der Waals surface area contributed by atoms with Gasteiger partial charge in [0, 0.05) is 125 Å². The zero-order valence-electron chi connectivity index (χ0n) is 60.1. The maximum Gasteiger partial charge on any atom is 0.160 e. The maximum atomic E-state index is 5.21. The second-order valence-corrected chi connectivity index (χ2v) is 32.3. The summed E-state index contributed by atoms with van der Waals surface area (Å²) in [5, 5.41) is 12.6. The molecule has 0 aliphatic heterocycles. The lowest BCUT2D eigenvalue weighted by molar-refractivity contribution is 1.23. The highest BCUT2D eigenvalue weighted by molar-refractivity contribution is 7.27. The third kappa shape index (κ3) is 12.5. The van der Waals surface area contributed by atoms with Gasteiger partial charge in [0.2, 0.25) is 0 Å². The van der Waals surface area contributed by atoms with Crippen molar-refractivity contribution in [3.8, 4) is 101 Å². The predicted molar refractivity (Wildman–Crippen MR) is 479 cm³/mol. The minimum absolute atomic E-state index is 0.745. The van der Waals surface area contributed by atoms with Gasteiger partial charge in [0.15, 0.2) is 11.6 Å². The molecule has 0 amide bonds. The Labute approximate surface area is 660 Å². The fourth-order valence-corrected chi connectivity index (χ4v) is 20.0. The highest BCUT2D eigenvalue weighted by Crippen LogP contribution is 2.44. The van der Waals surface area contributed by atoms with Gasteiger partial charge in [-0.1, -0.05) is 279 Å². The van der Waals surface area contributed by atoms with Crippen molar-refractivity contribution in [1.82, 2.24) is 29.9 Å². The number of para-hydroxylation sites is 2. The molecule has 10 heteroatoms. The number of aromatic nitrogens is 6. The molecule has 0 spiro atoms. The molecule has 0 saturated heterocycles. The monoisotopic (exact) mass is 1500 g/mol. The van der Waals surface area contributed by atoms with Gasteiger partial charge in [-0.05, 0) is 130 Å². The zero-order chi connectivity index (χ0) is 74.0. The first-order valence-corrected chi connectivity index (χ1v) is 40.6. The van der Waals surface area contributed by atoms with Gasteiger partial charge in [-0.2, -0.15) is 0 Å². The summed E-state index contributed by atoms with van der Waals surface area (Å²) in [7, 11) is 0. The molecule has 0 radical (unpaired) electrons. The number of nitrogens with zero attached hydrogens (tertiary/aromatic N) is 6. The Morgan fingerprint density at radius 2 is 0.446 bits per heavy atom. The van der Waals surface area contributed by atoms with Crippen LogP contribution >= 0.6 is 45.3 Å². The number of benzene rings is 16. The molecule has 0 unspecified atom stereocenters. The fraction of sp³-hybridized carbons (Fsp3) is 0. The van der Waals surface area contributed by atoms with Gasteiger partial charge in [0.25, 0.3) is 0 Å². The average molecular weight is 1500 g/mol. The van der Waals surface area contributed by atoms with Gasteiger partial charge in [0.05, 0.1) is 44.8 Å². The van der Waals surface area contributed by atoms with Crippen molar-refractivity contribution in [3.63, 3.8) is 0 Å². The lowest BCUT2D eigenvalue weighted by Crippen LogP contribution is -1.95. The topological polar surface area (TPSA) is 77.3 Å². The first kappa shape index (κ1) is 66.6. The zero-order valence-corrected chi connectivity index (χ0v) is 63.4. The van der Waals surface area contributed by atoms with Crippen molar-refractivity contribution < 1.29 is 0 Å². The number of rotatable bonds is 9. The van der Waals surface area contributed by atoms with E-state index in [4.69, 9.17) is 29.9 Å². The summed E-state index contributed by atoms with van der Waals surface area (Å²) in [6.45, 7) is 0. The van der Waals surface area contributed by atoms with E-state index in [2.05, 4.69) is 303 Å². The second-order valence-electron chi connectivity index (χ2n) is 27.9. The normalized spacial score (nSPS) is 11.6. The van der Waals surface area contributed by atoms with Gasteiger partial charge in [-0.25, -0.2) is 29.9 Å². The van der Waals surface area contributed by atoms with E-state index in [0.29, 0.717) is 0 Å². The summed E-state index contributed by atoms with van der Waals surface area (Å²) >= 11 is 7.38. The summed E-state index contributed by atoms with van der Waals surface area (Å²) < 4.78 is 10.5. The van der Waals surface area contributed by atoms with Gasteiger partial charge in [-0.3, -0.25) is 0 Å². The number of hydrogen-bond acceptors (Lipinski definition) is 10. The van der Waals surface area contributed by atoms with Crippen molar-refractivity contribution in [2.75, 3.05) is 0 Å². The largest absolute Gasteiger partial charge is 0.244 e. The molecule has 524 valence electrons. The van der Waals surface area contributed by atoms with Crippen LogP contribution < -0.4 is 0 Å². The van der Waals surface area contributed by atoms with Crippen LogP contribution in [-0.4, -0.2) is 29.9 Å². The van der Waals surface area contributed by atoms with Crippen molar-refractivity contribution in [3.05, 3.63) is 376 Å². The Morgan fingerprint density at radius 3 is 0.938 bits per heavy atom. The molecule has 7 heterocycles. The predicted octanol–water partition coefficient (Wildman–Crippen LogP) is 29.4. The lowest BCUT2D eigenvalue weighted by atomic mass is 9.97. The maximum absolute atomic E-state index is 5.21. The van der Waals surface area contributed by atoms with Crippen molar-refractivity contribution >= 4 is 159 Å². The lowest BCUT2D eigenvalue weighted by Gasteiger charge is -2.12. The van der Waals surface area contributed by atoms with Crippen molar-refractivity contribution in [1.29, 1.82) is 0 Å². The van der Waals surface area contributed by atoms with Crippen LogP contribution in [-0.2, 0) is 0 Å². The minimum atomic E-state index is 0.745. The highest BCUT2D eigenvalue weighted by atomic mass is 32.1. The Bertz CT molecular complexity index is 7580. The minimum Gasteiger partial charge on any atom is -0.244 e. The molecule has 23 aromatic rings. The van der Waals surface area contributed by atoms with E-state index < -0.39 is 0 Å². The first-order chi connectivity index (χ1) is 55.4. The summed E-state index contributed by atoms with van der Waals surface area (Å²) in [6.07, 6.45) is 0. The van der Waals surface area contributed by atoms with Crippen molar-refractivity contribution in [2.45, 2.75) is 0 Å². The summed E-state index contributed by atoms with van der Waals surface area (Å²) in [5.74, 6) is 1.49. The smallest absolute Gasteiger partial charge is 0.160 e. The number of thiophene rings is 4. The van der Waals surface area contributed by atoms with Crippen LogP contribution in [0.4, 0.5) is 0 Å². The Balaban J connectivity index is 0.000000107. The molecule has 0 atom stereocenters. The van der Waals surface area contributed by atoms with E-state index in [1.165, 1.54) is 109 Å². The molecule has 0 aliphatic rings. The van der Waals surface area contributed by atoms with E-state index in [0.717, 1.165) is 106 Å². The second kappa shape index (κ2) is 28.5. The van der Waals surface area contributed by atoms with Crippen LogP contribution in [0, 0.1) is 0 Å². The third-order valence-electron chi connectivity index (χ3n) is 21.0. The molecule has 112 heavy (non-hydrogen) atoms. The average Bonchev–Trinajstić information content (AvgIpc) is 1.55. The van der Waals surface area contributed by atoms with E-state index in [1.807, 2.05) is 118 Å². The van der Waals surface area contributed by atoms with E-state index >= 15 is 0 Å².